The molecule has 1 aromatic carbocycles. The number of allylic oxidation sites excluding steroid dienone is 3. The Morgan fingerprint density at radius 2 is 1.93 bits per heavy atom. The van der Waals surface area contributed by atoms with Crippen LogP contribution in [0, 0.1) is 11.8 Å². The fourth-order valence-electron chi connectivity index (χ4n) is 5.55. The van der Waals surface area contributed by atoms with Crippen LogP contribution in [-0.4, -0.2) is 91.9 Å². The lowest BCUT2D eigenvalue weighted by Crippen LogP contribution is -2.59. The van der Waals surface area contributed by atoms with Crippen molar-refractivity contribution < 1.29 is 49.7 Å². The number of fused-ring (bicyclic) bond motifs is 1. The molecule has 3 unspecified atom stereocenters. The molecule has 236 valence electrons. The number of aliphatic hydroxyl groups is 5. The molecule has 2 heterocycles. The van der Waals surface area contributed by atoms with E-state index in [4.69, 9.17) is 26.2 Å². The average molecular weight is 639 g/mol. The summed E-state index contributed by atoms with van der Waals surface area (Å²) in [5.74, 6) is -1.93. The van der Waals surface area contributed by atoms with Gasteiger partial charge in [0.15, 0.2) is 12.1 Å². The molecule has 4 rings (SSSR count). The zero-order valence-corrected chi connectivity index (χ0v) is 25.1. The number of carboxylic acids is 1. The maximum atomic E-state index is 13.4. The molecule has 1 saturated heterocycles. The van der Waals surface area contributed by atoms with Crippen molar-refractivity contribution in [3.63, 3.8) is 0 Å². The van der Waals surface area contributed by atoms with E-state index in [1.54, 1.807) is 23.5 Å². The molecular weight excluding hydrogens is 600 g/mol. The van der Waals surface area contributed by atoms with Gasteiger partial charge in [0.1, 0.15) is 30.5 Å². The number of Topliss-reactive ketones (excluding diaryl/α,β-unsaturated/α-hetero) is 1. The molecule has 9 atom stereocenters. The first kappa shape index (κ1) is 33.7. The van der Waals surface area contributed by atoms with Crippen LogP contribution >= 0.6 is 22.9 Å². The topological polar surface area (TPSA) is 174 Å². The standard InChI is InChI=1S/C31H39ClO10S/c32-26-20-8-5-6-9-23(20)43-24(26)14-13-18(34)12-11-17-15-21(27(37)19(17)7-3-1-2-4-10-25(35)36)41-31-30(40)29(39)28(38)22(16-33)42-31/h1,3,5-6,8-9,11-12,17-19,21-22,28-31,33-34,38-40H,2,4,7,10,13-16H2,(H,35,36)/t17-,18?,19+,21?,22+,28+,29-,30+,31?/m0/s1. The van der Waals surface area contributed by atoms with Crippen molar-refractivity contribution in [3.05, 3.63) is 58.5 Å². The highest BCUT2D eigenvalue weighted by molar-refractivity contribution is 7.19. The van der Waals surface area contributed by atoms with Crippen LogP contribution in [-0.2, 0) is 25.5 Å². The molecule has 2 aliphatic rings. The van der Waals surface area contributed by atoms with E-state index >= 15 is 0 Å². The fraction of sp³-hybridized carbons (Fsp3) is 0.548. The third-order valence-corrected chi connectivity index (χ3v) is 9.77. The Morgan fingerprint density at radius 1 is 1.16 bits per heavy atom. The molecule has 2 aromatic rings. The normalized spacial score (nSPS) is 30.6. The van der Waals surface area contributed by atoms with Gasteiger partial charge in [-0.25, -0.2) is 0 Å². The Hall–Kier alpha value is -2.19. The molecule has 0 amide bonds. The van der Waals surface area contributed by atoms with Crippen molar-refractivity contribution in [2.75, 3.05) is 6.61 Å². The van der Waals surface area contributed by atoms with Crippen LogP contribution in [0.4, 0.5) is 0 Å². The second-order valence-electron chi connectivity index (χ2n) is 11.0. The van der Waals surface area contributed by atoms with E-state index in [1.807, 2.05) is 36.4 Å². The summed E-state index contributed by atoms with van der Waals surface area (Å²) >= 11 is 8.14. The molecule has 2 fully saturated rings. The molecule has 1 aromatic heterocycles. The molecule has 0 bridgehead atoms. The van der Waals surface area contributed by atoms with Gasteiger partial charge in [-0.05, 0) is 50.5 Å². The molecule has 10 nitrogen and oxygen atoms in total. The predicted octanol–water partition coefficient (Wildman–Crippen LogP) is 3.00. The van der Waals surface area contributed by atoms with Gasteiger partial charge in [0.05, 0.1) is 17.7 Å². The minimum atomic E-state index is -1.63. The minimum Gasteiger partial charge on any atom is -0.481 e. The Labute approximate surface area is 258 Å². The van der Waals surface area contributed by atoms with Crippen molar-refractivity contribution in [2.45, 2.75) is 87.9 Å². The number of ketones is 1. The van der Waals surface area contributed by atoms with Crippen LogP contribution in [0.1, 0.15) is 43.4 Å². The lowest BCUT2D eigenvalue weighted by molar-refractivity contribution is -0.308. The molecule has 1 aliphatic heterocycles. The van der Waals surface area contributed by atoms with Gasteiger partial charge in [-0.3, -0.25) is 9.59 Å². The lowest BCUT2D eigenvalue weighted by Gasteiger charge is -2.40. The summed E-state index contributed by atoms with van der Waals surface area (Å²) in [6.07, 6.45) is 0.667. The number of carbonyl (C=O) groups excluding carboxylic acids is 1. The van der Waals surface area contributed by atoms with Crippen molar-refractivity contribution in [1.29, 1.82) is 0 Å². The van der Waals surface area contributed by atoms with Crippen molar-refractivity contribution in [3.8, 4) is 0 Å². The largest absolute Gasteiger partial charge is 0.481 e. The summed E-state index contributed by atoms with van der Waals surface area (Å²) in [5, 5.41) is 61.3. The molecule has 0 spiro atoms. The van der Waals surface area contributed by atoms with Gasteiger partial charge in [0.2, 0.25) is 0 Å². The second kappa shape index (κ2) is 15.7. The van der Waals surface area contributed by atoms with Gasteiger partial charge >= 0.3 is 5.97 Å². The number of hydrogen-bond acceptors (Lipinski definition) is 10. The van der Waals surface area contributed by atoms with Gasteiger partial charge < -0.3 is 40.1 Å². The maximum Gasteiger partial charge on any atom is 0.303 e. The summed E-state index contributed by atoms with van der Waals surface area (Å²) in [7, 11) is 0. The number of hydrogen-bond donors (Lipinski definition) is 6. The van der Waals surface area contributed by atoms with E-state index in [-0.39, 0.29) is 24.5 Å². The van der Waals surface area contributed by atoms with E-state index < -0.39 is 61.4 Å². The number of rotatable bonds is 14. The SMILES string of the molecule is O=C(O)CCCC=CC[C@H]1C(=O)C(OC2O[C@H](CO)[C@@H](O)[C@H](O)[C@H]2O)C[C@@H]1C=CC(O)CCc1sc2ccccc2c1Cl. The van der Waals surface area contributed by atoms with Crippen LogP contribution in [0.15, 0.2) is 48.6 Å². The highest BCUT2D eigenvalue weighted by atomic mass is 35.5. The van der Waals surface area contributed by atoms with Crippen LogP contribution in [0.3, 0.4) is 0 Å². The van der Waals surface area contributed by atoms with E-state index in [0.29, 0.717) is 37.1 Å². The maximum absolute atomic E-state index is 13.4. The number of aliphatic hydroxyl groups excluding tert-OH is 5. The number of ether oxygens (including phenoxy) is 2. The highest BCUT2D eigenvalue weighted by Gasteiger charge is 2.48. The second-order valence-corrected chi connectivity index (χ2v) is 12.6. The lowest BCUT2D eigenvalue weighted by atomic mass is 9.91. The van der Waals surface area contributed by atoms with Gasteiger partial charge in [-0.2, -0.15) is 0 Å². The summed E-state index contributed by atoms with van der Waals surface area (Å²) in [6.45, 7) is -0.616. The van der Waals surface area contributed by atoms with E-state index in [1.165, 1.54) is 0 Å². The van der Waals surface area contributed by atoms with Crippen LogP contribution in [0.25, 0.3) is 10.1 Å². The first-order valence-corrected chi connectivity index (χ1v) is 15.7. The average Bonchev–Trinajstić information content (AvgIpc) is 3.47. The number of unbranched alkanes of at least 4 members (excludes halogenated alkanes) is 1. The summed E-state index contributed by atoms with van der Waals surface area (Å²) < 4.78 is 12.3. The fourth-order valence-corrected chi connectivity index (χ4v) is 7.09. The number of carbonyl (C=O) groups is 2. The third kappa shape index (κ3) is 8.50. The number of carboxylic acid groups (broad SMARTS) is 1. The van der Waals surface area contributed by atoms with Gasteiger partial charge in [0, 0.05) is 27.3 Å². The number of aryl methyl sites for hydroxylation is 1. The predicted molar refractivity (Wildman–Crippen MR) is 161 cm³/mol. The first-order chi connectivity index (χ1) is 20.6. The molecule has 43 heavy (non-hydrogen) atoms. The Kier molecular flexibility index (Phi) is 12.3. The number of halogens is 1. The Balaban J connectivity index is 1.41. The minimum absolute atomic E-state index is 0.0532. The highest BCUT2D eigenvalue weighted by Crippen LogP contribution is 2.38. The van der Waals surface area contributed by atoms with Gasteiger partial charge in [0.25, 0.3) is 0 Å². The monoisotopic (exact) mass is 638 g/mol. The van der Waals surface area contributed by atoms with Crippen molar-refractivity contribution in [1.82, 2.24) is 0 Å². The number of benzene rings is 1. The zero-order valence-electron chi connectivity index (χ0n) is 23.6. The van der Waals surface area contributed by atoms with E-state index in [0.717, 1.165) is 15.0 Å². The van der Waals surface area contributed by atoms with Crippen LogP contribution < -0.4 is 0 Å². The molecule has 1 aliphatic carbocycles. The zero-order chi connectivity index (χ0) is 31.1. The van der Waals surface area contributed by atoms with E-state index in [9.17, 15) is 35.1 Å². The molecule has 1 saturated carbocycles. The van der Waals surface area contributed by atoms with Gasteiger partial charge in [-0.15, -0.1) is 11.3 Å². The first-order valence-electron chi connectivity index (χ1n) is 14.5. The quantitative estimate of drug-likeness (QED) is 0.133. The van der Waals surface area contributed by atoms with Crippen LogP contribution in [0.2, 0.25) is 5.02 Å². The Morgan fingerprint density at radius 3 is 2.65 bits per heavy atom. The molecule has 12 heteroatoms. The van der Waals surface area contributed by atoms with Crippen molar-refractivity contribution >= 4 is 44.8 Å². The summed E-state index contributed by atoms with van der Waals surface area (Å²) in [6, 6.07) is 7.86. The third-order valence-electron chi connectivity index (χ3n) is 8.00. The molecule has 6 N–H and O–H groups in total. The smallest absolute Gasteiger partial charge is 0.303 e. The van der Waals surface area contributed by atoms with Crippen LogP contribution in [0.5, 0.6) is 0 Å². The number of aliphatic carboxylic acids is 1. The molecule has 0 radical (unpaired) electrons. The Bertz CT molecular complexity index is 1290. The van der Waals surface area contributed by atoms with E-state index in [2.05, 4.69) is 0 Å². The number of thiophene rings is 1. The van der Waals surface area contributed by atoms with Crippen molar-refractivity contribution in [2.24, 2.45) is 11.8 Å². The molecular formula is C31H39ClO10S. The summed E-state index contributed by atoms with van der Waals surface area (Å²) in [4.78, 5) is 25.2. The summed E-state index contributed by atoms with van der Waals surface area (Å²) in [5.41, 5.74) is 0. The van der Waals surface area contributed by atoms with Gasteiger partial charge in [-0.1, -0.05) is 54.1 Å².